The number of carbonyl (C=O) groups is 1. The van der Waals surface area contributed by atoms with Crippen LogP contribution >= 0.6 is 11.6 Å². The molecule has 0 aliphatic carbocycles. The molecule has 1 fully saturated rings. The van der Waals surface area contributed by atoms with Crippen molar-refractivity contribution in [2.75, 3.05) is 41.5 Å². The molecule has 2 aromatic carbocycles. The summed E-state index contributed by atoms with van der Waals surface area (Å²) in [6.07, 6.45) is 1.17. The highest BCUT2D eigenvalue weighted by Crippen LogP contribution is 2.29. The smallest absolute Gasteiger partial charge is 0.323 e. The van der Waals surface area contributed by atoms with E-state index in [0.29, 0.717) is 59.1 Å². The number of para-hydroxylation sites is 1. The summed E-state index contributed by atoms with van der Waals surface area (Å²) in [5.74, 6) is 0.772. The molecule has 0 radical (unpaired) electrons. The van der Waals surface area contributed by atoms with Gasteiger partial charge in [-0.15, -0.1) is 0 Å². The maximum Gasteiger partial charge on any atom is 0.323 e. The Labute approximate surface area is 209 Å². The normalized spacial score (nSPS) is 16.1. The number of hydrogen-bond acceptors (Lipinski definition) is 7. The van der Waals surface area contributed by atoms with Crippen LogP contribution in [0.25, 0.3) is 11.4 Å². The summed E-state index contributed by atoms with van der Waals surface area (Å²) < 4.78 is 29.5. The zero-order chi connectivity index (χ0) is 25.0. The standard InChI is InChI=1S/C24H26ClN5O4S/c1-16-14-34-11-10-30(16)22-13-19(15-35(2,32)33)26-23(29-22)17-8-9-21(20(25)12-17)28-24(31)27-18-6-4-3-5-7-18/h3-9,12-13,16H,10-11,14-15H2,1-2H3,(H2,27,28,31)/t16-/m0/s1. The van der Waals surface area contributed by atoms with Gasteiger partial charge in [0.25, 0.3) is 0 Å². The molecule has 11 heteroatoms. The first-order chi connectivity index (χ1) is 16.7. The van der Waals surface area contributed by atoms with Crippen LogP contribution in [-0.2, 0) is 20.3 Å². The monoisotopic (exact) mass is 515 g/mol. The molecule has 2 N–H and O–H groups in total. The lowest BCUT2D eigenvalue weighted by molar-refractivity contribution is 0.0985. The summed E-state index contributed by atoms with van der Waals surface area (Å²) in [5.41, 5.74) is 2.06. The second-order valence-electron chi connectivity index (χ2n) is 8.37. The minimum atomic E-state index is -3.31. The molecule has 1 atom stereocenters. The highest BCUT2D eigenvalue weighted by Gasteiger charge is 2.23. The highest BCUT2D eigenvalue weighted by molar-refractivity contribution is 7.89. The number of nitrogens with one attached hydrogen (secondary N) is 2. The van der Waals surface area contributed by atoms with Gasteiger partial charge >= 0.3 is 6.03 Å². The molecule has 0 bridgehead atoms. The molecule has 9 nitrogen and oxygen atoms in total. The molecule has 2 heterocycles. The van der Waals surface area contributed by atoms with Crippen molar-refractivity contribution < 1.29 is 17.9 Å². The van der Waals surface area contributed by atoms with Crippen LogP contribution in [-0.4, -0.2) is 56.5 Å². The van der Waals surface area contributed by atoms with Gasteiger partial charge < -0.3 is 20.3 Å². The molecule has 1 aliphatic heterocycles. The number of nitrogens with zero attached hydrogens (tertiary/aromatic N) is 3. The van der Waals surface area contributed by atoms with Crippen molar-refractivity contribution in [1.29, 1.82) is 0 Å². The summed E-state index contributed by atoms with van der Waals surface area (Å²) in [6, 6.07) is 15.4. The Morgan fingerprint density at radius 3 is 2.60 bits per heavy atom. The molecule has 0 saturated carbocycles. The molecule has 184 valence electrons. The minimum Gasteiger partial charge on any atom is -0.377 e. The van der Waals surface area contributed by atoms with Crippen molar-refractivity contribution in [3.05, 3.63) is 65.3 Å². The van der Waals surface area contributed by atoms with E-state index in [4.69, 9.17) is 21.3 Å². The third kappa shape index (κ3) is 6.68. The second kappa shape index (κ2) is 10.6. The largest absolute Gasteiger partial charge is 0.377 e. The number of ether oxygens (including phenoxy) is 1. The van der Waals surface area contributed by atoms with E-state index in [1.807, 2.05) is 25.1 Å². The fraction of sp³-hybridized carbons (Fsp3) is 0.292. The van der Waals surface area contributed by atoms with Gasteiger partial charge in [-0.3, -0.25) is 0 Å². The molecule has 2 amide bonds. The SMILES string of the molecule is C[C@H]1COCCN1c1cc(CS(C)(=O)=O)nc(-c2ccc(NC(=O)Nc3ccccc3)c(Cl)c2)n1. The number of amides is 2. The molecule has 4 rings (SSSR count). The van der Waals surface area contributed by atoms with Crippen LogP contribution in [0.4, 0.5) is 22.0 Å². The van der Waals surface area contributed by atoms with Gasteiger partial charge in [-0.25, -0.2) is 23.2 Å². The number of anilines is 3. The third-order valence-corrected chi connectivity index (χ3v) is 6.48. The molecule has 1 aromatic heterocycles. The summed E-state index contributed by atoms with van der Waals surface area (Å²) >= 11 is 6.46. The zero-order valence-electron chi connectivity index (χ0n) is 19.4. The van der Waals surface area contributed by atoms with E-state index >= 15 is 0 Å². The van der Waals surface area contributed by atoms with E-state index in [2.05, 4.69) is 20.5 Å². The Kier molecular flexibility index (Phi) is 7.54. The summed E-state index contributed by atoms with van der Waals surface area (Å²) in [7, 11) is -3.31. The predicted molar refractivity (Wildman–Crippen MR) is 138 cm³/mol. The number of hydrogen-bond donors (Lipinski definition) is 2. The number of sulfone groups is 1. The Hall–Kier alpha value is -3.21. The van der Waals surface area contributed by atoms with Crippen LogP contribution in [0, 0.1) is 0 Å². The number of rotatable bonds is 6. The van der Waals surface area contributed by atoms with Gasteiger partial charge in [-0.2, -0.15) is 0 Å². The molecule has 3 aromatic rings. The Bertz CT molecular complexity index is 1320. The lowest BCUT2D eigenvalue weighted by Crippen LogP contribution is -2.44. The zero-order valence-corrected chi connectivity index (χ0v) is 20.9. The number of halogens is 1. The van der Waals surface area contributed by atoms with E-state index < -0.39 is 15.9 Å². The number of aromatic nitrogens is 2. The van der Waals surface area contributed by atoms with Gasteiger partial charge in [0.2, 0.25) is 0 Å². The van der Waals surface area contributed by atoms with Gasteiger partial charge in [0, 0.05) is 30.1 Å². The molecular formula is C24H26ClN5O4S. The second-order valence-corrected chi connectivity index (χ2v) is 10.9. The van der Waals surface area contributed by atoms with Crippen molar-refractivity contribution in [2.24, 2.45) is 0 Å². The lowest BCUT2D eigenvalue weighted by Gasteiger charge is -2.34. The molecule has 35 heavy (non-hydrogen) atoms. The predicted octanol–water partition coefficient (Wildman–Crippen LogP) is 4.21. The number of carbonyl (C=O) groups excluding carboxylic acids is 1. The van der Waals surface area contributed by atoms with Crippen molar-refractivity contribution in [2.45, 2.75) is 18.7 Å². The highest BCUT2D eigenvalue weighted by atomic mass is 35.5. The van der Waals surface area contributed by atoms with Gasteiger partial charge in [-0.1, -0.05) is 29.8 Å². The molecule has 1 saturated heterocycles. The van der Waals surface area contributed by atoms with Gasteiger partial charge in [-0.05, 0) is 37.3 Å². The van der Waals surface area contributed by atoms with Gasteiger partial charge in [0.15, 0.2) is 15.7 Å². The van der Waals surface area contributed by atoms with E-state index in [1.165, 1.54) is 6.26 Å². The van der Waals surface area contributed by atoms with Gasteiger partial charge in [0.1, 0.15) is 5.82 Å². The van der Waals surface area contributed by atoms with Crippen LogP contribution in [0.5, 0.6) is 0 Å². The molecular weight excluding hydrogens is 490 g/mol. The summed E-state index contributed by atoms with van der Waals surface area (Å²) in [5, 5.41) is 5.75. The van der Waals surface area contributed by atoms with E-state index in [-0.39, 0.29) is 11.8 Å². The van der Waals surface area contributed by atoms with Crippen molar-refractivity contribution >= 4 is 44.7 Å². The van der Waals surface area contributed by atoms with E-state index in [9.17, 15) is 13.2 Å². The van der Waals surface area contributed by atoms with Crippen molar-refractivity contribution in [3.8, 4) is 11.4 Å². The first-order valence-corrected chi connectivity index (χ1v) is 13.4. The summed E-state index contributed by atoms with van der Waals surface area (Å²) in [6.45, 7) is 3.77. The maximum absolute atomic E-state index is 12.3. The van der Waals surface area contributed by atoms with Crippen molar-refractivity contribution in [3.63, 3.8) is 0 Å². The average molecular weight is 516 g/mol. The Balaban J connectivity index is 1.61. The first-order valence-electron chi connectivity index (χ1n) is 11.0. The van der Waals surface area contributed by atoms with Crippen LogP contribution in [0.15, 0.2) is 54.6 Å². The third-order valence-electron chi connectivity index (χ3n) is 5.34. The Morgan fingerprint density at radius 1 is 1.14 bits per heavy atom. The van der Waals surface area contributed by atoms with Crippen LogP contribution in [0.3, 0.4) is 0 Å². The maximum atomic E-state index is 12.3. The van der Waals surface area contributed by atoms with Crippen LogP contribution in [0.2, 0.25) is 5.02 Å². The molecule has 0 unspecified atom stereocenters. The minimum absolute atomic E-state index is 0.0795. The van der Waals surface area contributed by atoms with E-state index in [0.717, 1.165) is 0 Å². The topological polar surface area (TPSA) is 114 Å². The Morgan fingerprint density at radius 2 is 1.91 bits per heavy atom. The van der Waals surface area contributed by atoms with Gasteiger partial charge in [0.05, 0.1) is 41.4 Å². The molecule has 1 aliphatic rings. The lowest BCUT2D eigenvalue weighted by atomic mass is 10.1. The van der Waals surface area contributed by atoms with Crippen LogP contribution in [0.1, 0.15) is 12.6 Å². The molecule has 0 spiro atoms. The number of morpholine rings is 1. The number of benzene rings is 2. The quantitative estimate of drug-likeness (QED) is 0.505. The van der Waals surface area contributed by atoms with E-state index in [1.54, 1.807) is 36.4 Å². The number of urea groups is 1. The average Bonchev–Trinajstić information content (AvgIpc) is 2.80. The first kappa shape index (κ1) is 24.9. The van der Waals surface area contributed by atoms with Crippen LogP contribution < -0.4 is 15.5 Å². The van der Waals surface area contributed by atoms with Crippen molar-refractivity contribution in [1.82, 2.24) is 9.97 Å². The fourth-order valence-corrected chi connectivity index (χ4v) is 4.64. The summed E-state index contributed by atoms with van der Waals surface area (Å²) in [4.78, 5) is 23.6. The fourth-order valence-electron chi connectivity index (χ4n) is 3.73.